The van der Waals surface area contributed by atoms with Crippen molar-refractivity contribution >= 4 is 11.6 Å². The molecule has 1 saturated heterocycles. The van der Waals surface area contributed by atoms with E-state index in [2.05, 4.69) is 4.74 Å². The Balaban J connectivity index is 2.79. The number of aliphatic hydroxyl groups excluding tert-OH is 4. The Bertz CT molecular complexity index is 184. The van der Waals surface area contributed by atoms with Gasteiger partial charge in [0, 0.05) is 0 Å². The van der Waals surface area contributed by atoms with Crippen molar-refractivity contribution in [1.82, 2.24) is 0 Å². The fourth-order valence-corrected chi connectivity index (χ4v) is 1.36. The second-order valence-electron chi connectivity index (χ2n) is 2.87. The minimum atomic E-state index is -2.48. The minimum absolute atomic E-state index is 0.625. The fraction of sp³-hybridized carbons (Fsp3) is 1.00. The number of rotatable bonds is 1. The molecule has 0 bridgehead atoms. The van der Waals surface area contributed by atoms with Crippen molar-refractivity contribution in [2.75, 3.05) is 6.61 Å². The van der Waals surface area contributed by atoms with Gasteiger partial charge < -0.3 is 30.3 Å². The third-order valence-corrected chi connectivity index (χ3v) is 2.23. The molecule has 0 spiro atoms. The topological polar surface area (TPSA) is 110 Å². The van der Waals surface area contributed by atoms with E-state index in [1.165, 1.54) is 0 Å². The maximum atomic E-state index is 9.18. The van der Waals surface area contributed by atoms with Gasteiger partial charge in [0.1, 0.15) is 18.3 Å². The lowest BCUT2D eigenvalue weighted by molar-refractivity contribution is -0.309. The zero-order chi connectivity index (χ0) is 10.2. The summed E-state index contributed by atoms with van der Waals surface area (Å²) < 4.78 is 4.53. The van der Waals surface area contributed by atoms with Crippen molar-refractivity contribution in [2.24, 2.45) is 0 Å². The van der Waals surface area contributed by atoms with Crippen molar-refractivity contribution < 1.29 is 30.3 Å². The molecule has 1 rings (SSSR count). The predicted molar refractivity (Wildman–Crippen MR) is 40.8 cm³/mol. The summed E-state index contributed by atoms with van der Waals surface area (Å²) in [6.45, 7) is -0.625. The Morgan fingerprint density at radius 2 is 1.77 bits per heavy atom. The predicted octanol–water partition coefficient (Wildman–Crippen LogP) is -2.65. The molecule has 1 heterocycles. The molecule has 5 N–H and O–H groups in total. The Hall–Kier alpha value is 0.0500. The Labute approximate surface area is 78.9 Å². The molecular weight excluding hydrogens is 204 g/mol. The summed E-state index contributed by atoms with van der Waals surface area (Å²) in [6.07, 6.45) is -6.19. The van der Waals surface area contributed by atoms with E-state index in [1.54, 1.807) is 0 Å². The van der Waals surface area contributed by atoms with Crippen LogP contribution in [0, 0.1) is 0 Å². The van der Waals surface area contributed by atoms with Crippen LogP contribution < -0.4 is 0 Å². The molecule has 1 aliphatic heterocycles. The molecule has 5 atom stereocenters. The molecule has 0 aromatic carbocycles. The summed E-state index contributed by atoms with van der Waals surface area (Å²) >= 11 is 5.26. The van der Waals surface area contributed by atoms with Crippen LogP contribution in [0.15, 0.2) is 0 Å². The molecule has 1 aliphatic rings. The molecule has 6 nitrogen and oxygen atoms in total. The molecule has 7 heteroatoms. The summed E-state index contributed by atoms with van der Waals surface area (Å²) in [5.41, 5.74) is 0. The van der Waals surface area contributed by atoms with Crippen LogP contribution in [-0.4, -0.2) is 61.8 Å². The van der Waals surface area contributed by atoms with E-state index in [0.717, 1.165) is 0 Å². The van der Waals surface area contributed by atoms with Gasteiger partial charge in [0.15, 0.2) is 6.10 Å². The zero-order valence-electron chi connectivity index (χ0n) is 6.54. The van der Waals surface area contributed by atoms with Gasteiger partial charge in [-0.3, -0.25) is 0 Å². The standard InChI is InChI=1S/C6H11ClO6/c7-6(12)5(11)4(10)3(9)2(1-8)13-6/h2-5,8-12H,1H2/t2-,3-,4+,5-,6-/m1/s1. The van der Waals surface area contributed by atoms with Gasteiger partial charge in [0.05, 0.1) is 6.61 Å². The summed E-state index contributed by atoms with van der Waals surface area (Å²) in [5.74, 6) is 0. The summed E-state index contributed by atoms with van der Waals surface area (Å²) in [5, 5.41) is 42.7. The van der Waals surface area contributed by atoms with Crippen LogP contribution in [0.25, 0.3) is 0 Å². The highest BCUT2D eigenvalue weighted by Crippen LogP contribution is 2.30. The van der Waals surface area contributed by atoms with Crippen LogP contribution in [0.3, 0.4) is 0 Å². The van der Waals surface area contributed by atoms with E-state index < -0.39 is 36.3 Å². The van der Waals surface area contributed by atoms with Crippen LogP contribution in [0.5, 0.6) is 0 Å². The van der Waals surface area contributed by atoms with Crippen molar-refractivity contribution in [1.29, 1.82) is 0 Å². The molecule has 0 radical (unpaired) electrons. The molecule has 13 heavy (non-hydrogen) atoms. The number of hydrogen-bond donors (Lipinski definition) is 5. The van der Waals surface area contributed by atoms with Crippen molar-refractivity contribution in [3.8, 4) is 0 Å². The highest BCUT2D eigenvalue weighted by atomic mass is 35.5. The first-order valence-electron chi connectivity index (χ1n) is 3.64. The van der Waals surface area contributed by atoms with E-state index in [0.29, 0.717) is 0 Å². The number of halogens is 1. The van der Waals surface area contributed by atoms with E-state index in [1.807, 2.05) is 0 Å². The van der Waals surface area contributed by atoms with Gasteiger partial charge in [0.2, 0.25) is 0 Å². The van der Waals surface area contributed by atoms with E-state index in [9.17, 15) is 5.11 Å². The average Bonchev–Trinajstić information content (AvgIpc) is 2.08. The van der Waals surface area contributed by atoms with E-state index >= 15 is 0 Å². The first-order chi connectivity index (χ1) is 5.90. The first kappa shape index (κ1) is 11.1. The van der Waals surface area contributed by atoms with Gasteiger partial charge in [0.25, 0.3) is 5.25 Å². The largest absolute Gasteiger partial charge is 0.394 e. The number of aliphatic hydroxyl groups is 5. The molecule has 1 fully saturated rings. The Morgan fingerprint density at radius 3 is 2.23 bits per heavy atom. The van der Waals surface area contributed by atoms with Crippen LogP contribution >= 0.6 is 11.6 Å². The van der Waals surface area contributed by atoms with Gasteiger partial charge in [-0.15, -0.1) is 0 Å². The minimum Gasteiger partial charge on any atom is -0.394 e. The highest BCUT2D eigenvalue weighted by molar-refractivity contribution is 6.22. The third-order valence-electron chi connectivity index (χ3n) is 1.92. The summed E-state index contributed by atoms with van der Waals surface area (Å²) in [7, 11) is 0. The molecule has 78 valence electrons. The van der Waals surface area contributed by atoms with Gasteiger partial charge in [-0.05, 0) is 0 Å². The molecule has 0 unspecified atom stereocenters. The lowest BCUT2D eigenvalue weighted by Crippen LogP contribution is -2.62. The smallest absolute Gasteiger partial charge is 0.276 e. The van der Waals surface area contributed by atoms with Gasteiger partial charge in [-0.1, -0.05) is 11.6 Å². The van der Waals surface area contributed by atoms with Gasteiger partial charge in [-0.25, -0.2) is 0 Å². The first-order valence-corrected chi connectivity index (χ1v) is 4.02. The SMILES string of the molecule is OC[C@H]1O[C@@](O)(Cl)[C@H](O)[C@@H](O)[C@@H]1O. The summed E-state index contributed by atoms with van der Waals surface area (Å²) in [4.78, 5) is 0. The van der Waals surface area contributed by atoms with Crippen molar-refractivity contribution in [2.45, 2.75) is 29.7 Å². The quantitative estimate of drug-likeness (QED) is 0.305. The second-order valence-corrected chi connectivity index (χ2v) is 3.42. The number of alkyl halides is 1. The molecule has 0 aliphatic carbocycles. The molecule has 0 saturated carbocycles. The number of ether oxygens (including phenoxy) is 1. The van der Waals surface area contributed by atoms with Crippen LogP contribution in [0.2, 0.25) is 0 Å². The molecule has 0 aromatic heterocycles. The average molecular weight is 215 g/mol. The van der Waals surface area contributed by atoms with Gasteiger partial charge >= 0.3 is 0 Å². The maximum Gasteiger partial charge on any atom is 0.276 e. The van der Waals surface area contributed by atoms with Crippen molar-refractivity contribution in [3.05, 3.63) is 0 Å². The third kappa shape index (κ3) is 1.94. The Morgan fingerprint density at radius 1 is 1.23 bits per heavy atom. The zero-order valence-corrected chi connectivity index (χ0v) is 7.29. The summed E-state index contributed by atoms with van der Waals surface area (Å²) in [6, 6.07) is 0. The lowest BCUT2D eigenvalue weighted by atomic mass is 9.99. The normalized spacial score (nSPS) is 52.2. The maximum absolute atomic E-state index is 9.18. The molecule has 0 aromatic rings. The van der Waals surface area contributed by atoms with Crippen LogP contribution in [0.1, 0.15) is 0 Å². The van der Waals surface area contributed by atoms with E-state index in [-0.39, 0.29) is 0 Å². The molecule has 0 amide bonds. The lowest BCUT2D eigenvalue weighted by Gasteiger charge is -2.41. The number of hydrogen-bond acceptors (Lipinski definition) is 6. The van der Waals surface area contributed by atoms with E-state index in [4.69, 9.17) is 32.0 Å². The van der Waals surface area contributed by atoms with Crippen LogP contribution in [0.4, 0.5) is 0 Å². The fourth-order valence-electron chi connectivity index (χ4n) is 1.11. The van der Waals surface area contributed by atoms with Crippen LogP contribution in [-0.2, 0) is 4.74 Å². The van der Waals surface area contributed by atoms with Crippen molar-refractivity contribution in [3.63, 3.8) is 0 Å². The Kier molecular flexibility index (Phi) is 3.13. The monoisotopic (exact) mass is 214 g/mol. The highest BCUT2D eigenvalue weighted by Gasteiger charge is 2.51. The second kappa shape index (κ2) is 3.66. The van der Waals surface area contributed by atoms with Gasteiger partial charge in [-0.2, -0.15) is 0 Å². The molecular formula is C6H11ClO6.